The van der Waals surface area contributed by atoms with E-state index in [1.165, 1.54) is 11.3 Å². The van der Waals surface area contributed by atoms with E-state index in [1.807, 2.05) is 54.8 Å². The smallest absolute Gasteiger partial charge is 0.227 e. The number of aliphatic hydroxyl groups is 1. The van der Waals surface area contributed by atoms with Crippen LogP contribution in [0.25, 0.3) is 0 Å². The van der Waals surface area contributed by atoms with E-state index in [-0.39, 0.29) is 18.4 Å². The van der Waals surface area contributed by atoms with Gasteiger partial charge in [-0.2, -0.15) is 0 Å². The van der Waals surface area contributed by atoms with Crippen LogP contribution in [0.2, 0.25) is 0 Å². The van der Waals surface area contributed by atoms with Gasteiger partial charge in [-0.15, -0.1) is 11.3 Å². The fourth-order valence-corrected chi connectivity index (χ4v) is 2.87. The van der Waals surface area contributed by atoms with E-state index in [4.69, 9.17) is 0 Å². The van der Waals surface area contributed by atoms with Crippen molar-refractivity contribution in [3.8, 4) is 0 Å². The fraction of sp³-hybridized carbons (Fsp3) is 0.312. The summed E-state index contributed by atoms with van der Waals surface area (Å²) >= 11 is 1.49. The van der Waals surface area contributed by atoms with Crippen molar-refractivity contribution in [1.29, 1.82) is 0 Å². The second kappa shape index (κ2) is 7.22. The highest BCUT2D eigenvalue weighted by atomic mass is 32.1. The summed E-state index contributed by atoms with van der Waals surface area (Å²) < 4.78 is 0. The van der Waals surface area contributed by atoms with Crippen LogP contribution in [0.15, 0.2) is 47.8 Å². The summed E-state index contributed by atoms with van der Waals surface area (Å²) in [6, 6.07) is 13.5. The highest BCUT2D eigenvalue weighted by molar-refractivity contribution is 7.10. The summed E-state index contributed by atoms with van der Waals surface area (Å²) in [4.78, 5) is 13.1. The number of aliphatic hydroxyl groups excluding tert-OH is 1. The molecule has 20 heavy (non-hydrogen) atoms. The molecule has 4 heteroatoms. The highest BCUT2D eigenvalue weighted by Crippen LogP contribution is 2.21. The monoisotopic (exact) mass is 289 g/mol. The van der Waals surface area contributed by atoms with E-state index >= 15 is 0 Å². The topological polar surface area (TPSA) is 49.3 Å². The summed E-state index contributed by atoms with van der Waals surface area (Å²) in [7, 11) is 0. The molecule has 1 aromatic carbocycles. The van der Waals surface area contributed by atoms with Crippen molar-refractivity contribution in [2.24, 2.45) is 0 Å². The van der Waals surface area contributed by atoms with E-state index in [0.29, 0.717) is 0 Å². The molecule has 0 aliphatic heterocycles. The molecule has 0 spiro atoms. The molecular weight excluding hydrogens is 270 g/mol. The molecule has 2 N–H and O–H groups in total. The number of carbonyl (C=O) groups is 1. The number of rotatable bonds is 6. The second-order valence-electron chi connectivity index (χ2n) is 4.65. The first-order valence-electron chi connectivity index (χ1n) is 6.76. The Kier molecular flexibility index (Phi) is 5.32. The first-order chi connectivity index (χ1) is 9.72. The van der Waals surface area contributed by atoms with Crippen LogP contribution in [-0.2, 0) is 4.79 Å². The van der Waals surface area contributed by atoms with Crippen molar-refractivity contribution in [2.45, 2.75) is 25.4 Å². The third kappa shape index (κ3) is 3.68. The van der Waals surface area contributed by atoms with Crippen LogP contribution in [0.3, 0.4) is 0 Å². The third-order valence-corrected chi connectivity index (χ3v) is 4.24. The lowest BCUT2D eigenvalue weighted by atomic mass is 9.95. The SMILES string of the molecule is CC[C@H](C(=O)NC[C@@H](O)c1cccs1)c1ccccc1. The Morgan fingerprint density at radius 2 is 2.00 bits per heavy atom. The van der Waals surface area contributed by atoms with Gasteiger partial charge >= 0.3 is 0 Å². The van der Waals surface area contributed by atoms with Gasteiger partial charge in [-0.05, 0) is 23.4 Å². The Hall–Kier alpha value is -1.65. The van der Waals surface area contributed by atoms with E-state index in [1.54, 1.807) is 0 Å². The standard InChI is InChI=1S/C16H19NO2S/c1-2-13(12-7-4-3-5-8-12)16(19)17-11-14(18)15-9-6-10-20-15/h3-10,13-14,18H,2,11H2,1H3,(H,17,19)/t13-,14+/m0/s1. The molecule has 0 saturated carbocycles. The molecule has 1 heterocycles. The lowest BCUT2D eigenvalue weighted by molar-refractivity contribution is -0.123. The lowest BCUT2D eigenvalue weighted by Gasteiger charge is -2.17. The zero-order valence-electron chi connectivity index (χ0n) is 11.5. The van der Waals surface area contributed by atoms with Crippen molar-refractivity contribution in [3.63, 3.8) is 0 Å². The quantitative estimate of drug-likeness (QED) is 0.858. The van der Waals surface area contributed by atoms with Crippen molar-refractivity contribution in [3.05, 3.63) is 58.3 Å². The van der Waals surface area contributed by atoms with Crippen LogP contribution in [0.1, 0.15) is 35.8 Å². The van der Waals surface area contributed by atoms with Gasteiger partial charge in [-0.25, -0.2) is 0 Å². The molecule has 0 unspecified atom stereocenters. The minimum atomic E-state index is -0.632. The number of benzene rings is 1. The summed E-state index contributed by atoms with van der Waals surface area (Å²) in [5.41, 5.74) is 1.01. The van der Waals surface area contributed by atoms with Gasteiger partial charge in [-0.1, -0.05) is 43.3 Å². The molecule has 0 fully saturated rings. The molecule has 106 valence electrons. The van der Waals surface area contributed by atoms with Crippen molar-refractivity contribution < 1.29 is 9.90 Å². The van der Waals surface area contributed by atoms with Gasteiger partial charge in [0.05, 0.1) is 5.92 Å². The summed E-state index contributed by atoms with van der Waals surface area (Å²) in [5, 5.41) is 14.7. The average Bonchev–Trinajstić information content (AvgIpc) is 3.01. The maximum absolute atomic E-state index is 12.2. The number of hydrogen-bond acceptors (Lipinski definition) is 3. The molecule has 0 radical (unpaired) electrons. The van der Waals surface area contributed by atoms with Gasteiger partial charge in [0.15, 0.2) is 0 Å². The van der Waals surface area contributed by atoms with Gasteiger partial charge < -0.3 is 10.4 Å². The molecule has 0 aliphatic rings. The zero-order valence-corrected chi connectivity index (χ0v) is 12.3. The lowest BCUT2D eigenvalue weighted by Crippen LogP contribution is -2.32. The Morgan fingerprint density at radius 3 is 2.60 bits per heavy atom. The van der Waals surface area contributed by atoms with E-state index in [0.717, 1.165) is 16.9 Å². The average molecular weight is 289 g/mol. The number of nitrogens with one attached hydrogen (secondary N) is 1. The third-order valence-electron chi connectivity index (χ3n) is 3.27. The van der Waals surface area contributed by atoms with E-state index < -0.39 is 6.10 Å². The summed E-state index contributed by atoms with van der Waals surface area (Å²) in [6.45, 7) is 2.25. The molecule has 2 rings (SSSR count). The van der Waals surface area contributed by atoms with E-state index in [2.05, 4.69) is 5.32 Å². The van der Waals surface area contributed by atoms with Crippen LogP contribution in [0, 0.1) is 0 Å². The molecule has 0 bridgehead atoms. The van der Waals surface area contributed by atoms with Gasteiger partial charge in [0.25, 0.3) is 0 Å². The van der Waals surface area contributed by atoms with Gasteiger partial charge in [-0.3, -0.25) is 4.79 Å². The van der Waals surface area contributed by atoms with Crippen LogP contribution < -0.4 is 5.32 Å². The fourth-order valence-electron chi connectivity index (χ4n) is 2.16. The van der Waals surface area contributed by atoms with Crippen LogP contribution in [-0.4, -0.2) is 17.6 Å². The second-order valence-corrected chi connectivity index (χ2v) is 5.63. The molecule has 1 amide bonds. The van der Waals surface area contributed by atoms with Crippen LogP contribution in [0.4, 0.5) is 0 Å². The number of amides is 1. The predicted octanol–water partition coefficient (Wildman–Crippen LogP) is 3.09. The molecule has 0 saturated heterocycles. The Morgan fingerprint density at radius 1 is 1.25 bits per heavy atom. The Bertz CT molecular complexity index is 525. The normalized spacial score (nSPS) is 13.7. The van der Waals surface area contributed by atoms with Crippen LogP contribution >= 0.6 is 11.3 Å². The summed E-state index contributed by atoms with van der Waals surface area (Å²) in [5.74, 6) is -0.193. The molecule has 1 aromatic heterocycles. The molecular formula is C16H19NO2S. The Balaban J connectivity index is 1.93. The molecule has 3 nitrogen and oxygen atoms in total. The van der Waals surface area contributed by atoms with Gasteiger partial charge in [0, 0.05) is 11.4 Å². The highest BCUT2D eigenvalue weighted by Gasteiger charge is 2.19. The Labute approximate surface area is 123 Å². The maximum atomic E-state index is 12.2. The van der Waals surface area contributed by atoms with Crippen molar-refractivity contribution >= 4 is 17.2 Å². The maximum Gasteiger partial charge on any atom is 0.227 e. The largest absolute Gasteiger partial charge is 0.386 e. The number of thiophene rings is 1. The number of hydrogen-bond donors (Lipinski definition) is 2. The molecule has 0 aliphatic carbocycles. The minimum absolute atomic E-state index is 0.0330. The van der Waals surface area contributed by atoms with Crippen molar-refractivity contribution in [2.75, 3.05) is 6.54 Å². The van der Waals surface area contributed by atoms with Gasteiger partial charge in [0.2, 0.25) is 5.91 Å². The van der Waals surface area contributed by atoms with Gasteiger partial charge in [0.1, 0.15) is 6.10 Å². The first-order valence-corrected chi connectivity index (χ1v) is 7.64. The van der Waals surface area contributed by atoms with Crippen molar-refractivity contribution in [1.82, 2.24) is 5.32 Å². The molecule has 2 aromatic rings. The zero-order chi connectivity index (χ0) is 14.4. The molecule has 2 atom stereocenters. The first kappa shape index (κ1) is 14.8. The van der Waals surface area contributed by atoms with E-state index in [9.17, 15) is 9.90 Å². The minimum Gasteiger partial charge on any atom is -0.386 e. The number of carbonyl (C=O) groups excluding carboxylic acids is 1. The summed E-state index contributed by atoms with van der Waals surface area (Å²) in [6.07, 6.45) is 0.109. The predicted molar refractivity (Wildman–Crippen MR) is 81.8 cm³/mol. The van der Waals surface area contributed by atoms with Crippen LogP contribution in [0.5, 0.6) is 0 Å².